The Morgan fingerprint density at radius 2 is 1.74 bits per heavy atom. The molecule has 4 rings (SSSR count). The largest absolute Gasteiger partial charge is 0.478 e. The Bertz CT molecular complexity index is 994. The maximum absolute atomic E-state index is 12.5. The van der Waals surface area contributed by atoms with Crippen LogP contribution in [-0.4, -0.2) is 40.2 Å². The highest BCUT2D eigenvalue weighted by molar-refractivity contribution is 6.22. The van der Waals surface area contributed by atoms with E-state index >= 15 is 0 Å². The first-order valence-corrected chi connectivity index (χ1v) is 8.59. The van der Waals surface area contributed by atoms with Crippen molar-refractivity contribution in [3.63, 3.8) is 0 Å². The molecule has 3 amide bonds. The number of carbonyl (C=O) groups excluding carboxylic acids is 3. The maximum atomic E-state index is 12.5. The summed E-state index contributed by atoms with van der Waals surface area (Å²) in [6, 6.07) is 10.4. The van der Waals surface area contributed by atoms with Crippen molar-refractivity contribution in [3.8, 4) is 0 Å². The second-order valence-electron chi connectivity index (χ2n) is 6.73. The zero-order chi connectivity index (χ0) is 19.1. The van der Waals surface area contributed by atoms with Gasteiger partial charge >= 0.3 is 5.97 Å². The van der Waals surface area contributed by atoms with Crippen LogP contribution >= 0.6 is 0 Å². The Morgan fingerprint density at radius 3 is 2.44 bits per heavy atom. The summed E-state index contributed by atoms with van der Waals surface area (Å²) in [5.41, 5.74) is 0.813. The van der Waals surface area contributed by atoms with E-state index in [1.165, 1.54) is 35.2 Å². The van der Waals surface area contributed by atoms with Crippen LogP contribution in [0.1, 0.15) is 54.3 Å². The minimum atomic E-state index is -1.16. The van der Waals surface area contributed by atoms with Gasteiger partial charge in [0, 0.05) is 12.1 Å². The fourth-order valence-corrected chi connectivity index (χ4v) is 3.13. The highest BCUT2D eigenvalue weighted by Gasteiger charge is 2.39. The van der Waals surface area contributed by atoms with Gasteiger partial charge < -0.3 is 10.4 Å². The first kappa shape index (κ1) is 17.0. The number of fused-ring (bicyclic) bond motifs is 1. The van der Waals surface area contributed by atoms with Crippen molar-refractivity contribution in [2.24, 2.45) is 5.92 Å². The molecule has 0 atom stereocenters. The molecule has 2 aromatic carbocycles. The molecule has 1 aliphatic carbocycles. The Morgan fingerprint density at radius 1 is 1.04 bits per heavy atom. The molecule has 1 heterocycles. The molecule has 0 radical (unpaired) electrons. The summed E-state index contributed by atoms with van der Waals surface area (Å²) in [5.74, 6) is -2.04. The van der Waals surface area contributed by atoms with E-state index in [1.807, 2.05) is 0 Å². The molecule has 1 fully saturated rings. The molecule has 7 nitrogen and oxygen atoms in total. The number of nitrogens with zero attached hydrogens (tertiary/aromatic N) is 1. The lowest BCUT2D eigenvalue weighted by molar-refractivity contribution is 0.0643. The van der Waals surface area contributed by atoms with E-state index in [9.17, 15) is 24.3 Å². The number of benzene rings is 2. The van der Waals surface area contributed by atoms with E-state index in [0.717, 1.165) is 12.8 Å². The first-order chi connectivity index (χ1) is 13.0. The minimum absolute atomic E-state index is 0.0335. The number of para-hydroxylation sites is 1. The van der Waals surface area contributed by atoms with Gasteiger partial charge in [-0.2, -0.15) is 0 Å². The summed E-state index contributed by atoms with van der Waals surface area (Å²) >= 11 is 0. The molecule has 2 aromatic rings. The van der Waals surface area contributed by atoms with Gasteiger partial charge in [0.2, 0.25) is 0 Å². The van der Waals surface area contributed by atoms with Crippen molar-refractivity contribution in [1.82, 2.24) is 4.90 Å². The number of rotatable bonds is 5. The van der Waals surface area contributed by atoms with Crippen LogP contribution in [0.5, 0.6) is 0 Å². The third-order valence-corrected chi connectivity index (χ3v) is 4.78. The van der Waals surface area contributed by atoms with Gasteiger partial charge in [-0.15, -0.1) is 0 Å². The van der Waals surface area contributed by atoms with Gasteiger partial charge in [0.1, 0.15) is 0 Å². The van der Waals surface area contributed by atoms with E-state index in [1.54, 1.807) is 12.1 Å². The average Bonchev–Trinajstić information content (AvgIpc) is 3.45. The van der Waals surface area contributed by atoms with Crippen LogP contribution < -0.4 is 5.32 Å². The molecule has 136 valence electrons. The molecular weight excluding hydrogens is 348 g/mol. The van der Waals surface area contributed by atoms with Crippen molar-refractivity contribution < 1.29 is 24.3 Å². The van der Waals surface area contributed by atoms with E-state index < -0.39 is 11.9 Å². The van der Waals surface area contributed by atoms with Crippen molar-refractivity contribution in [1.29, 1.82) is 0 Å². The quantitative estimate of drug-likeness (QED) is 0.794. The molecule has 0 unspecified atom stereocenters. The van der Waals surface area contributed by atoms with Gasteiger partial charge in [-0.3, -0.25) is 19.3 Å². The number of carboxylic acids is 1. The lowest BCUT2D eigenvalue weighted by Gasteiger charge is -2.12. The van der Waals surface area contributed by atoms with Crippen LogP contribution in [0.4, 0.5) is 5.69 Å². The van der Waals surface area contributed by atoms with E-state index in [4.69, 9.17) is 0 Å². The molecular formula is C20H16N2O5. The summed E-state index contributed by atoms with van der Waals surface area (Å²) in [6.45, 7) is 0.417. The second-order valence-corrected chi connectivity index (χ2v) is 6.73. The lowest BCUT2D eigenvalue weighted by atomic mass is 10.0. The molecule has 0 spiro atoms. The Kier molecular flexibility index (Phi) is 3.99. The Hall–Kier alpha value is -3.48. The van der Waals surface area contributed by atoms with Crippen molar-refractivity contribution in [2.75, 3.05) is 11.9 Å². The lowest BCUT2D eigenvalue weighted by Crippen LogP contribution is -2.31. The molecule has 1 saturated carbocycles. The zero-order valence-corrected chi connectivity index (χ0v) is 14.3. The Labute approximate surface area is 154 Å². The molecule has 1 aliphatic heterocycles. The molecule has 2 N–H and O–H groups in total. The fraction of sp³-hybridized carbons (Fsp3) is 0.200. The van der Waals surface area contributed by atoms with Crippen LogP contribution in [0.2, 0.25) is 0 Å². The van der Waals surface area contributed by atoms with Crippen LogP contribution in [-0.2, 0) is 0 Å². The number of carbonyl (C=O) groups is 4. The summed E-state index contributed by atoms with van der Waals surface area (Å²) < 4.78 is 0. The SMILES string of the molecule is O=C(Nc1ccccc1C(=O)O)c1ccc2c(c1)C(=O)N(CC1CC1)C2=O. The van der Waals surface area contributed by atoms with Crippen LogP contribution in [0, 0.1) is 5.92 Å². The monoisotopic (exact) mass is 364 g/mol. The highest BCUT2D eigenvalue weighted by atomic mass is 16.4. The molecule has 2 aliphatic rings. The van der Waals surface area contributed by atoms with Crippen molar-refractivity contribution >= 4 is 29.4 Å². The summed E-state index contributed by atoms with van der Waals surface area (Å²) in [5, 5.41) is 11.8. The van der Waals surface area contributed by atoms with Crippen LogP contribution in [0.15, 0.2) is 42.5 Å². The molecule has 0 bridgehead atoms. The molecule has 0 saturated heterocycles. The van der Waals surface area contributed by atoms with E-state index in [2.05, 4.69) is 5.32 Å². The topological polar surface area (TPSA) is 104 Å². The number of carboxylic acid groups (broad SMARTS) is 1. The second kappa shape index (κ2) is 6.35. The zero-order valence-electron chi connectivity index (χ0n) is 14.3. The van der Waals surface area contributed by atoms with Crippen molar-refractivity contribution in [3.05, 3.63) is 64.7 Å². The summed E-state index contributed by atoms with van der Waals surface area (Å²) in [4.78, 5) is 50.0. The first-order valence-electron chi connectivity index (χ1n) is 8.59. The number of hydrogen-bond donors (Lipinski definition) is 2. The van der Waals surface area contributed by atoms with Crippen LogP contribution in [0.3, 0.4) is 0 Å². The molecule has 27 heavy (non-hydrogen) atoms. The highest BCUT2D eigenvalue weighted by Crippen LogP contribution is 2.33. The van der Waals surface area contributed by atoms with Gasteiger partial charge in [0.15, 0.2) is 0 Å². The minimum Gasteiger partial charge on any atom is -0.478 e. The molecule has 7 heteroatoms. The predicted molar refractivity (Wildman–Crippen MR) is 95.9 cm³/mol. The normalized spacial score (nSPS) is 15.6. The summed E-state index contributed by atoms with van der Waals surface area (Å²) in [6.07, 6.45) is 2.04. The maximum Gasteiger partial charge on any atom is 0.337 e. The third-order valence-electron chi connectivity index (χ3n) is 4.78. The third kappa shape index (κ3) is 3.08. The van der Waals surface area contributed by atoms with Gasteiger partial charge in [-0.1, -0.05) is 12.1 Å². The fourth-order valence-electron chi connectivity index (χ4n) is 3.13. The number of imide groups is 1. The van der Waals surface area contributed by atoms with Gasteiger partial charge in [0.25, 0.3) is 17.7 Å². The van der Waals surface area contributed by atoms with Crippen molar-refractivity contribution in [2.45, 2.75) is 12.8 Å². The van der Waals surface area contributed by atoms with E-state index in [-0.39, 0.29) is 34.2 Å². The number of hydrogen-bond acceptors (Lipinski definition) is 4. The summed E-state index contributed by atoms with van der Waals surface area (Å²) in [7, 11) is 0. The molecule has 0 aromatic heterocycles. The van der Waals surface area contributed by atoms with Crippen LogP contribution in [0.25, 0.3) is 0 Å². The van der Waals surface area contributed by atoms with Gasteiger partial charge in [0.05, 0.1) is 22.4 Å². The average molecular weight is 364 g/mol. The predicted octanol–water partition coefficient (Wildman–Crippen LogP) is 2.64. The number of aromatic carboxylic acids is 1. The number of nitrogens with one attached hydrogen (secondary N) is 1. The smallest absolute Gasteiger partial charge is 0.337 e. The van der Waals surface area contributed by atoms with Gasteiger partial charge in [-0.25, -0.2) is 4.79 Å². The number of amides is 3. The van der Waals surface area contributed by atoms with E-state index in [0.29, 0.717) is 18.0 Å². The van der Waals surface area contributed by atoms with Gasteiger partial charge in [-0.05, 0) is 49.1 Å². The number of anilines is 1. The standard InChI is InChI=1S/C20H16N2O5/c23-17(21-16-4-2-1-3-14(16)20(26)27)12-7-8-13-15(9-12)19(25)22(18(13)24)10-11-5-6-11/h1-4,7-9,11H,5-6,10H2,(H,21,23)(H,26,27). The Balaban J connectivity index is 1.59.